The minimum atomic E-state index is -0.453. The van der Waals surface area contributed by atoms with Crippen molar-refractivity contribution in [3.63, 3.8) is 0 Å². The second-order valence-corrected chi connectivity index (χ2v) is 4.54. The molecule has 1 atom stereocenters. The van der Waals surface area contributed by atoms with Gasteiger partial charge in [-0.1, -0.05) is 35.5 Å². The quantitative estimate of drug-likeness (QED) is 0.689. The highest BCUT2D eigenvalue weighted by molar-refractivity contribution is 6.22. The molecule has 5 nitrogen and oxygen atoms in total. The fraction of sp³-hybridized carbons (Fsp3) is 0.154. The molecule has 0 radical (unpaired) electrons. The lowest BCUT2D eigenvalue weighted by molar-refractivity contribution is 0.382. The number of alkyl halides is 1. The van der Waals surface area contributed by atoms with Gasteiger partial charge in [-0.05, 0) is 11.6 Å². The molecule has 0 saturated heterocycles. The van der Waals surface area contributed by atoms with Gasteiger partial charge in [0.25, 0.3) is 0 Å². The van der Waals surface area contributed by atoms with E-state index in [1.54, 1.807) is 4.68 Å². The standard InChI is InChI=1S/C13H11ClN4O/c1-18-8-7-10(16-18)12-15-13(19-17-12)11(14)9-5-3-2-4-6-9/h2-8,11H,1H3. The van der Waals surface area contributed by atoms with Gasteiger partial charge in [-0.3, -0.25) is 4.68 Å². The molecule has 3 aromatic rings. The molecule has 0 spiro atoms. The van der Waals surface area contributed by atoms with Crippen LogP contribution in [0.1, 0.15) is 16.8 Å². The maximum atomic E-state index is 6.32. The van der Waals surface area contributed by atoms with Crippen molar-refractivity contribution in [2.45, 2.75) is 5.38 Å². The second kappa shape index (κ2) is 4.85. The van der Waals surface area contributed by atoms with Crippen LogP contribution in [-0.4, -0.2) is 19.9 Å². The summed E-state index contributed by atoms with van der Waals surface area (Å²) in [6, 6.07) is 11.4. The summed E-state index contributed by atoms with van der Waals surface area (Å²) in [5.74, 6) is 0.811. The monoisotopic (exact) mass is 274 g/mol. The third-order valence-corrected chi connectivity index (χ3v) is 3.13. The van der Waals surface area contributed by atoms with Gasteiger partial charge < -0.3 is 4.52 Å². The smallest absolute Gasteiger partial charge is 0.249 e. The van der Waals surface area contributed by atoms with Gasteiger partial charge in [0.1, 0.15) is 11.1 Å². The number of aryl methyl sites for hydroxylation is 1. The molecule has 1 unspecified atom stereocenters. The van der Waals surface area contributed by atoms with Crippen molar-refractivity contribution in [2.24, 2.45) is 7.05 Å². The molecule has 0 N–H and O–H groups in total. The average Bonchev–Trinajstić information content (AvgIpc) is 3.07. The molecule has 0 bridgehead atoms. The number of halogens is 1. The lowest BCUT2D eigenvalue weighted by atomic mass is 10.1. The molecule has 1 aromatic carbocycles. The number of nitrogens with zero attached hydrogens (tertiary/aromatic N) is 4. The highest BCUT2D eigenvalue weighted by atomic mass is 35.5. The van der Waals surface area contributed by atoms with E-state index in [-0.39, 0.29) is 0 Å². The molecule has 0 aliphatic rings. The lowest BCUT2D eigenvalue weighted by Gasteiger charge is -2.03. The van der Waals surface area contributed by atoms with E-state index >= 15 is 0 Å². The van der Waals surface area contributed by atoms with Crippen LogP contribution in [0.15, 0.2) is 47.1 Å². The Kier molecular flexibility index (Phi) is 3.05. The van der Waals surface area contributed by atoms with E-state index in [1.165, 1.54) is 0 Å². The van der Waals surface area contributed by atoms with Crippen LogP contribution in [0.25, 0.3) is 11.5 Å². The van der Waals surface area contributed by atoms with Crippen LogP contribution in [0, 0.1) is 0 Å². The first-order valence-corrected chi connectivity index (χ1v) is 6.20. The number of hydrogen-bond donors (Lipinski definition) is 0. The molecule has 0 aliphatic carbocycles. The van der Waals surface area contributed by atoms with Crippen LogP contribution in [0.3, 0.4) is 0 Å². The van der Waals surface area contributed by atoms with Crippen molar-refractivity contribution in [1.82, 2.24) is 19.9 Å². The Balaban J connectivity index is 1.89. The molecule has 96 valence electrons. The molecule has 6 heteroatoms. The normalized spacial score (nSPS) is 12.5. The molecule has 0 amide bonds. The van der Waals surface area contributed by atoms with E-state index in [1.807, 2.05) is 49.6 Å². The van der Waals surface area contributed by atoms with Crippen molar-refractivity contribution in [3.8, 4) is 11.5 Å². The van der Waals surface area contributed by atoms with Crippen LogP contribution < -0.4 is 0 Å². The predicted molar refractivity (Wildman–Crippen MR) is 70.6 cm³/mol. The molecule has 2 aromatic heterocycles. The first kappa shape index (κ1) is 11.9. The fourth-order valence-electron chi connectivity index (χ4n) is 1.74. The summed E-state index contributed by atoms with van der Waals surface area (Å²) < 4.78 is 6.88. The Morgan fingerprint density at radius 2 is 2.00 bits per heavy atom. The maximum absolute atomic E-state index is 6.32. The number of hydrogen-bond acceptors (Lipinski definition) is 4. The van der Waals surface area contributed by atoms with Crippen molar-refractivity contribution in [1.29, 1.82) is 0 Å². The van der Waals surface area contributed by atoms with Crippen molar-refractivity contribution in [2.75, 3.05) is 0 Å². The average molecular weight is 275 g/mol. The highest BCUT2D eigenvalue weighted by Crippen LogP contribution is 2.28. The zero-order valence-corrected chi connectivity index (χ0v) is 10.9. The first-order chi connectivity index (χ1) is 9.24. The van der Waals surface area contributed by atoms with Crippen LogP contribution in [0.5, 0.6) is 0 Å². The highest BCUT2D eigenvalue weighted by Gasteiger charge is 2.19. The van der Waals surface area contributed by atoms with Gasteiger partial charge in [0.15, 0.2) is 0 Å². The molecule has 3 rings (SSSR count). The summed E-state index contributed by atoms with van der Waals surface area (Å²) >= 11 is 6.32. The maximum Gasteiger partial charge on any atom is 0.249 e. The van der Waals surface area contributed by atoms with Crippen LogP contribution >= 0.6 is 11.6 Å². The summed E-state index contributed by atoms with van der Waals surface area (Å²) in [6.45, 7) is 0. The minimum absolute atomic E-state index is 0.369. The van der Waals surface area contributed by atoms with Gasteiger partial charge in [0.05, 0.1) is 0 Å². The summed E-state index contributed by atoms with van der Waals surface area (Å²) in [5, 5.41) is 7.66. The second-order valence-electron chi connectivity index (χ2n) is 4.10. The predicted octanol–water partition coefficient (Wildman–Crippen LogP) is 2.80. The van der Waals surface area contributed by atoms with Gasteiger partial charge in [0.2, 0.25) is 11.7 Å². The van der Waals surface area contributed by atoms with Gasteiger partial charge in [-0.25, -0.2) is 0 Å². The third-order valence-electron chi connectivity index (χ3n) is 2.69. The van der Waals surface area contributed by atoms with Gasteiger partial charge in [-0.2, -0.15) is 10.1 Å². The molecular formula is C13H11ClN4O. The van der Waals surface area contributed by atoms with Crippen molar-refractivity contribution in [3.05, 3.63) is 54.0 Å². The van der Waals surface area contributed by atoms with Crippen molar-refractivity contribution < 1.29 is 4.52 Å². The number of benzene rings is 1. The van der Waals surface area contributed by atoms with E-state index in [0.29, 0.717) is 17.4 Å². The number of aromatic nitrogens is 4. The summed E-state index contributed by atoms with van der Waals surface area (Å²) in [4.78, 5) is 4.28. The van der Waals surface area contributed by atoms with Gasteiger partial charge in [-0.15, -0.1) is 11.6 Å². The number of rotatable bonds is 3. The minimum Gasteiger partial charge on any atom is -0.337 e. The van der Waals surface area contributed by atoms with Crippen LogP contribution in [-0.2, 0) is 7.05 Å². The largest absolute Gasteiger partial charge is 0.337 e. The zero-order valence-electron chi connectivity index (χ0n) is 10.2. The molecule has 0 saturated carbocycles. The SMILES string of the molecule is Cn1ccc(-c2noc(C(Cl)c3ccccc3)n2)n1. The summed E-state index contributed by atoms with van der Waals surface area (Å²) in [5.41, 5.74) is 1.58. The Bertz CT molecular complexity index is 677. The topological polar surface area (TPSA) is 56.7 Å². The Hall–Kier alpha value is -2.14. The summed E-state index contributed by atoms with van der Waals surface area (Å²) in [6.07, 6.45) is 1.82. The lowest BCUT2D eigenvalue weighted by Crippen LogP contribution is -1.93. The Morgan fingerprint density at radius 1 is 1.21 bits per heavy atom. The molecule has 2 heterocycles. The van der Waals surface area contributed by atoms with Crippen molar-refractivity contribution >= 4 is 11.6 Å². The first-order valence-electron chi connectivity index (χ1n) is 5.76. The zero-order chi connectivity index (χ0) is 13.2. The van der Waals surface area contributed by atoms with E-state index in [9.17, 15) is 0 Å². The molecular weight excluding hydrogens is 264 g/mol. The van der Waals surface area contributed by atoms with E-state index in [2.05, 4.69) is 15.2 Å². The Morgan fingerprint density at radius 3 is 2.68 bits per heavy atom. The van der Waals surface area contributed by atoms with E-state index < -0.39 is 5.38 Å². The van der Waals surface area contributed by atoms with E-state index in [4.69, 9.17) is 16.1 Å². The third kappa shape index (κ3) is 2.37. The van der Waals surface area contributed by atoms with Crippen LogP contribution in [0.4, 0.5) is 0 Å². The molecule has 19 heavy (non-hydrogen) atoms. The van der Waals surface area contributed by atoms with Crippen LogP contribution in [0.2, 0.25) is 0 Å². The Labute approximate surface area is 114 Å². The molecule has 0 aliphatic heterocycles. The molecule has 0 fully saturated rings. The van der Waals surface area contributed by atoms with Gasteiger partial charge >= 0.3 is 0 Å². The van der Waals surface area contributed by atoms with E-state index in [0.717, 1.165) is 5.56 Å². The fourth-order valence-corrected chi connectivity index (χ4v) is 1.98. The van der Waals surface area contributed by atoms with Gasteiger partial charge in [0, 0.05) is 13.2 Å². The summed E-state index contributed by atoms with van der Waals surface area (Å²) in [7, 11) is 1.83.